The number of carboxylic acids is 1. The average molecular weight is 492 g/mol. The average Bonchev–Trinajstić information content (AvgIpc) is 2.81. The summed E-state index contributed by atoms with van der Waals surface area (Å²) in [5.41, 5.74) is 0. The highest BCUT2D eigenvalue weighted by Crippen LogP contribution is 2.16. The minimum absolute atomic E-state index is 0.254. The van der Waals surface area contributed by atoms with Crippen molar-refractivity contribution in [2.45, 2.75) is 73.2 Å². The van der Waals surface area contributed by atoms with Gasteiger partial charge in [-0.25, -0.2) is 9.59 Å². The molecule has 0 amide bonds. The molecule has 0 heterocycles. The van der Waals surface area contributed by atoms with Gasteiger partial charge in [0.05, 0.1) is 6.61 Å². The first-order valence-corrected chi connectivity index (χ1v) is 9.12. The lowest BCUT2D eigenvalue weighted by atomic mass is 9.93. The Morgan fingerprint density at radius 2 is 1.03 bits per heavy atom. The van der Waals surface area contributed by atoms with Gasteiger partial charge in [0.2, 0.25) is 0 Å². The number of aliphatic hydroxyl groups excluding tert-OH is 12. The minimum atomic E-state index is -2.79. The predicted octanol–water partition coefficient (Wildman–Crippen LogP) is -8.86. The number of aliphatic hydroxyl groups is 12. The summed E-state index contributed by atoms with van der Waals surface area (Å²) in [5.74, 6) is -3.95. The summed E-state index contributed by atoms with van der Waals surface area (Å²) in [4.78, 5) is 33.5. The molecule has 0 saturated heterocycles. The van der Waals surface area contributed by atoms with Gasteiger partial charge >= 0.3 is 11.9 Å². The van der Waals surface area contributed by atoms with Crippen molar-refractivity contribution in [3.63, 3.8) is 0 Å². The summed E-state index contributed by atoms with van der Waals surface area (Å²) in [6, 6.07) is 0. The highest BCUT2D eigenvalue weighted by atomic mass is 16.6. The Hall–Kier alpha value is -1.87. The van der Waals surface area contributed by atoms with Gasteiger partial charge in [-0.3, -0.25) is 4.79 Å². The van der Waals surface area contributed by atoms with E-state index < -0.39 is 91.8 Å². The summed E-state index contributed by atoms with van der Waals surface area (Å²) in [5, 5.41) is 123. The van der Waals surface area contributed by atoms with Crippen LogP contribution in [-0.4, -0.2) is 164 Å². The molecule has 13 N–H and O–H groups in total. The molecule has 0 unspecified atom stereocenters. The molecular weight excluding hydrogens is 464 g/mol. The van der Waals surface area contributed by atoms with Gasteiger partial charge in [-0.05, 0) is 0 Å². The number of carbonyl (C=O) groups is 3. The zero-order valence-electron chi connectivity index (χ0n) is 16.7. The summed E-state index contributed by atoms with van der Waals surface area (Å²) < 4.78 is 4.33. The van der Waals surface area contributed by atoms with Crippen molar-refractivity contribution in [3.8, 4) is 0 Å². The van der Waals surface area contributed by atoms with Crippen molar-refractivity contribution >= 4 is 18.2 Å². The van der Waals surface area contributed by atoms with Crippen molar-refractivity contribution in [2.24, 2.45) is 0 Å². The van der Waals surface area contributed by atoms with Crippen molar-refractivity contribution in [1.82, 2.24) is 0 Å². The van der Waals surface area contributed by atoms with Crippen LogP contribution in [0.3, 0.4) is 0 Å². The number of carbonyl (C=O) groups excluding carboxylic acids is 2. The van der Waals surface area contributed by atoms with E-state index in [0.29, 0.717) is 0 Å². The SMILES string of the molecule is O=C[C@H](OC(=O)[C@H](O)[C@@H](O)[C@@H](O)[C@H](O)[C@@H](O)[C@H](O)[C@H](O)[C@H](O)C(=O)O)[C@@H](O)[C@H](O)[C@H](O)CO. The Labute approximate surface area is 184 Å². The monoisotopic (exact) mass is 492 g/mol. The molecule has 33 heavy (non-hydrogen) atoms. The highest BCUT2D eigenvalue weighted by molar-refractivity contribution is 5.77. The van der Waals surface area contributed by atoms with E-state index in [2.05, 4.69) is 4.74 Å². The number of aldehydes is 1. The second kappa shape index (κ2) is 13.7. The van der Waals surface area contributed by atoms with E-state index in [1.165, 1.54) is 0 Å². The molecule has 0 aliphatic carbocycles. The van der Waals surface area contributed by atoms with Crippen LogP contribution in [0.25, 0.3) is 0 Å². The number of carboxylic acid groups (broad SMARTS) is 1. The van der Waals surface area contributed by atoms with Crippen molar-refractivity contribution < 1.29 is 85.5 Å². The Morgan fingerprint density at radius 1 is 0.636 bits per heavy atom. The maximum absolute atomic E-state index is 11.9. The Kier molecular flexibility index (Phi) is 13.0. The second-order valence-electron chi connectivity index (χ2n) is 6.94. The van der Waals surface area contributed by atoms with Gasteiger partial charge in [-0.2, -0.15) is 0 Å². The lowest BCUT2D eigenvalue weighted by Crippen LogP contribution is -2.58. The van der Waals surface area contributed by atoms with Crippen molar-refractivity contribution in [2.75, 3.05) is 6.61 Å². The van der Waals surface area contributed by atoms with Gasteiger partial charge in [0, 0.05) is 0 Å². The van der Waals surface area contributed by atoms with Crippen LogP contribution in [0, 0.1) is 0 Å². The molecule has 0 aromatic rings. The Morgan fingerprint density at radius 3 is 1.39 bits per heavy atom. The predicted molar refractivity (Wildman–Crippen MR) is 96.7 cm³/mol. The summed E-state index contributed by atoms with van der Waals surface area (Å²) >= 11 is 0. The molecule has 0 spiro atoms. The number of rotatable bonds is 15. The molecule has 0 radical (unpaired) electrons. The molecule has 0 saturated carbocycles. The molecule has 0 aliphatic rings. The molecule has 0 fully saturated rings. The Balaban J connectivity index is 5.23. The van der Waals surface area contributed by atoms with Crippen LogP contribution in [-0.2, 0) is 19.1 Å². The van der Waals surface area contributed by atoms with E-state index in [1.807, 2.05) is 0 Å². The van der Waals surface area contributed by atoms with E-state index in [0.717, 1.165) is 0 Å². The summed E-state index contributed by atoms with van der Waals surface area (Å²) in [7, 11) is 0. The molecule has 0 aliphatic heterocycles. The third-order valence-electron chi connectivity index (χ3n) is 4.55. The van der Waals surface area contributed by atoms with Crippen LogP contribution in [0.4, 0.5) is 0 Å². The van der Waals surface area contributed by atoms with Crippen LogP contribution >= 0.6 is 0 Å². The number of ether oxygens (including phenoxy) is 1. The maximum atomic E-state index is 11.9. The van der Waals surface area contributed by atoms with Gasteiger partial charge in [0.25, 0.3) is 0 Å². The second-order valence-corrected chi connectivity index (χ2v) is 6.94. The van der Waals surface area contributed by atoms with Crippen molar-refractivity contribution in [3.05, 3.63) is 0 Å². The number of hydrogen-bond acceptors (Lipinski definition) is 16. The van der Waals surface area contributed by atoms with Gasteiger partial charge in [-0.1, -0.05) is 0 Å². The van der Waals surface area contributed by atoms with Crippen LogP contribution < -0.4 is 0 Å². The maximum Gasteiger partial charge on any atom is 0.338 e. The normalized spacial score (nSPS) is 22.9. The van der Waals surface area contributed by atoms with Gasteiger partial charge in [0.1, 0.15) is 54.9 Å². The lowest BCUT2D eigenvalue weighted by molar-refractivity contribution is -0.196. The summed E-state index contributed by atoms with van der Waals surface area (Å²) in [6.45, 7) is -1.06. The first-order valence-electron chi connectivity index (χ1n) is 9.12. The standard InChI is InChI=1S/C16H28O17/c17-1-3(19)5(20)6(21)4(2-18)33-16(32)14(29)12(27)10(25)8(23)7(22)9(24)11(26)13(28)15(30)31/h2-14,17,19-29H,1H2,(H,30,31)/t3-,4+,5-,6-,7-,8-,9+,10+,11+,12+,13+,14-/m1/s1. The molecule has 17 heteroatoms. The fourth-order valence-corrected chi connectivity index (χ4v) is 2.38. The lowest BCUT2D eigenvalue weighted by Gasteiger charge is -2.32. The van der Waals surface area contributed by atoms with E-state index in [4.69, 9.17) is 15.3 Å². The van der Waals surface area contributed by atoms with Crippen LogP contribution in [0.2, 0.25) is 0 Å². The number of esters is 1. The zero-order valence-corrected chi connectivity index (χ0v) is 16.7. The smallest absolute Gasteiger partial charge is 0.338 e. The summed E-state index contributed by atoms with van der Waals surface area (Å²) in [6.07, 6.45) is -30.3. The van der Waals surface area contributed by atoms with Gasteiger partial charge < -0.3 is 71.1 Å². The third-order valence-corrected chi connectivity index (χ3v) is 4.55. The Bertz CT molecular complexity index is 630. The molecule has 17 nitrogen and oxygen atoms in total. The molecular formula is C16H28O17. The van der Waals surface area contributed by atoms with Crippen LogP contribution in [0.1, 0.15) is 0 Å². The molecule has 0 aromatic heterocycles. The van der Waals surface area contributed by atoms with Gasteiger partial charge in [0.15, 0.2) is 24.6 Å². The zero-order chi connectivity index (χ0) is 26.2. The van der Waals surface area contributed by atoms with Crippen molar-refractivity contribution in [1.29, 1.82) is 0 Å². The molecule has 0 rings (SSSR count). The van der Waals surface area contributed by atoms with E-state index in [1.54, 1.807) is 0 Å². The molecule has 12 atom stereocenters. The third kappa shape index (κ3) is 8.14. The van der Waals surface area contributed by atoms with Crippen LogP contribution in [0.15, 0.2) is 0 Å². The number of hydrogen-bond donors (Lipinski definition) is 13. The number of aliphatic carboxylic acids is 1. The molecule has 194 valence electrons. The largest absolute Gasteiger partial charge is 0.479 e. The van der Waals surface area contributed by atoms with Crippen LogP contribution in [0.5, 0.6) is 0 Å². The first-order chi connectivity index (χ1) is 15.1. The first kappa shape index (κ1) is 31.1. The topological polar surface area (TPSA) is 323 Å². The van der Waals surface area contributed by atoms with E-state index in [9.17, 15) is 65.4 Å². The van der Waals surface area contributed by atoms with E-state index in [-0.39, 0.29) is 6.29 Å². The van der Waals surface area contributed by atoms with Gasteiger partial charge in [-0.15, -0.1) is 0 Å². The quantitative estimate of drug-likeness (QED) is 0.0745. The molecule has 0 bridgehead atoms. The molecule has 0 aromatic carbocycles. The fraction of sp³-hybridized carbons (Fsp3) is 0.812. The van der Waals surface area contributed by atoms with E-state index >= 15 is 0 Å². The minimum Gasteiger partial charge on any atom is -0.479 e. The fourth-order valence-electron chi connectivity index (χ4n) is 2.38. The highest BCUT2D eigenvalue weighted by Gasteiger charge is 2.44.